The van der Waals surface area contributed by atoms with Gasteiger partial charge in [0.15, 0.2) is 0 Å². The van der Waals surface area contributed by atoms with Crippen molar-refractivity contribution in [2.45, 2.75) is 31.6 Å². The Bertz CT molecular complexity index is 973. The van der Waals surface area contributed by atoms with Gasteiger partial charge in [0.2, 0.25) is 0 Å². The molecule has 0 aromatic heterocycles. The van der Waals surface area contributed by atoms with Gasteiger partial charge in [0, 0.05) is 41.7 Å². The lowest BCUT2D eigenvalue weighted by molar-refractivity contribution is 0.0585. The topological polar surface area (TPSA) is 52.7 Å². The van der Waals surface area contributed by atoms with Crippen molar-refractivity contribution in [2.75, 3.05) is 30.7 Å². The summed E-state index contributed by atoms with van der Waals surface area (Å²) in [6.07, 6.45) is 1.55. The van der Waals surface area contributed by atoms with Gasteiger partial charge in [-0.05, 0) is 56.0 Å². The van der Waals surface area contributed by atoms with Gasteiger partial charge in [-0.2, -0.15) is 0 Å². The molecule has 0 radical (unpaired) electrons. The van der Waals surface area contributed by atoms with E-state index in [1.54, 1.807) is 6.07 Å². The van der Waals surface area contributed by atoms with E-state index in [2.05, 4.69) is 5.32 Å². The third-order valence-corrected chi connectivity index (χ3v) is 8.01. The number of nitrogens with one attached hydrogen (secondary N) is 1. The van der Waals surface area contributed by atoms with Crippen LogP contribution in [-0.2, 0) is 0 Å². The van der Waals surface area contributed by atoms with Gasteiger partial charge >= 0.3 is 6.03 Å². The molecule has 0 bridgehead atoms. The molecule has 2 heterocycles. The number of hydrogen-bond donors (Lipinski definition) is 1. The second-order valence-corrected chi connectivity index (χ2v) is 9.81. The zero-order valence-electron chi connectivity index (χ0n) is 17.3. The monoisotopic (exact) mass is 443 g/mol. The van der Waals surface area contributed by atoms with Gasteiger partial charge in [0.1, 0.15) is 0 Å². The van der Waals surface area contributed by atoms with Crippen LogP contribution in [0.2, 0.25) is 5.02 Å². The standard InChI is InChI=1S/C23H26ClN3O2S/c1-16-5-3-4-6-19(16)21(28)27-13-14-30-23(27)9-11-26(12-10-23)22(29)25-18-8-7-17(2)20(24)15-18/h3-8,15H,9-14H2,1-2H3,(H,25,29). The number of urea groups is 1. The fraction of sp³-hybridized carbons (Fsp3) is 0.391. The van der Waals surface area contributed by atoms with Gasteiger partial charge in [-0.1, -0.05) is 35.9 Å². The zero-order chi connectivity index (χ0) is 21.3. The van der Waals surface area contributed by atoms with Crippen molar-refractivity contribution in [3.05, 3.63) is 64.2 Å². The summed E-state index contributed by atoms with van der Waals surface area (Å²) in [5.74, 6) is 1.04. The number of amides is 3. The van der Waals surface area contributed by atoms with E-state index < -0.39 is 0 Å². The van der Waals surface area contributed by atoms with Crippen molar-refractivity contribution in [3.63, 3.8) is 0 Å². The first-order valence-corrected chi connectivity index (χ1v) is 11.6. The van der Waals surface area contributed by atoms with Crippen LogP contribution < -0.4 is 5.32 Å². The summed E-state index contributed by atoms with van der Waals surface area (Å²) >= 11 is 8.02. The maximum Gasteiger partial charge on any atom is 0.321 e. The van der Waals surface area contributed by atoms with E-state index in [1.807, 2.05) is 71.8 Å². The van der Waals surface area contributed by atoms with Crippen molar-refractivity contribution < 1.29 is 9.59 Å². The van der Waals surface area contributed by atoms with Crippen LogP contribution in [0, 0.1) is 13.8 Å². The average molecular weight is 444 g/mol. The van der Waals surface area contributed by atoms with E-state index in [-0.39, 0.29) is 16.8 Å². The number of halogens is 1. The number of likely N-dealkylation sites (tertiary alicyclic amines) is 1. The Kier molecular flexibility index (Phi) is 5.98. The highest BCUT2D eigenvalue weighted by Crippen LogP contribution is 2.44. The molecule has 0 atom stereocenters. The number of benzene rings is 2. The Morgan fingerprint density at radius 2 is 1.77 bits per heavy atom. The highest BCUT2D eigenvalue weighted by Gasteiger charge is 2.47. The third kappa shape index (κ3) is 4.03. The Labute approximate surface area is 186 Å². The molecule has 2 aromatic carbocycles. The fourth-order valence-electron chi connectivity index (χ4n) is 4.20. The van der Waals surface area contributed by atoms with Crippen molar-refractivity contribution in [3.8, 4) is 0 Å². The Hall–Kier alpha value is -2.18. The molecule has 2 saturated heterocycles. The smallest absolute Gasteiger partial charge is 0.321 e. The number of aryl methyl sites for hydroxylation is 2. The molecule has 0 saturated carbocycles. The summed E-state index contributed by atoms with van der Waals surface area (Å²) in [6.45, 7) is 5.91. The second-order valence-electron chi connectivity index (χ2n) is 7.95. The summed E-state index contributed by atoms with van der Waals surface area (Å²) in [5, 5.41) is 3.58. The summed E-state index contributed by atoms with van der Waals surface area (Å²) in [6, 6.07) is 13.2. The zero-order valence-corrected chi connectivity index (χ0v) is 18.9. The lowest BCUT2D eigenvalue weighted by atomic mass is 10.00. The van der Waals surface area contributed by atoms with Crippen LogP contribution in [0.3, 0.4) is 0 Å². The summed E-state index contributed by atoms with van der Waals surface area (Å²) in [5.41, 5.74) is 3.45. The van der Waals surface area contributed by atoms with Crippen LogP contribution in [0.15, 0.2) is 42.5 Å². The molecule has 158 valence electrons. The lowest BCUT2D eigenvalue weighted by Gasteiger charge is -2.44. The highest BCUT2D eigenvalue weighted by molar-refractivity contribution is 8.00. The molecule has 2 fully saturated rings. The molecule has 4 rings (SSSR count). The van der Waals surface area contributed by atoms with E-state index in [1.165, 1.54) is 0 Å². The molecular weight excluding hydrogens is 418 g/mol. The molecule has 30 heavy (non-hydrogen) atoms. The summed E-state index contributed by atoms with van der Waals surface area (Å²) in [7, 11) is 0. The first kappa shape index (κ1) is 21.1. The van der Waals surface area contributed by atoms with Gasteiger partial charge in [0.25, 0.3) is 5.91 Å². The Morgan fingerprint density at radius 1 is 1.03 bits per heavy atom. The second kappa shape index (κ2) is 8.52. The maximum atomic E-state index is 13.3. The summed E-state index contributed by atoms with van der Waals surface area (Å²) < 4.78 is 0. The number of thioether (sulfide) groups is 1. The predicted molar refractivity (Wildman–Crippen MR) is 123 cm³/mol. The summed E-state index contributed by atoms with van der Waals surface area (Å²) in [4.78, 5) is 29.6. The van der Waals surface area contributed by atoms with Gasteiger partial charge < -0.3 is 15.1 Å². The van der Waals surface area contributed by atoms with Crippen LogP contribution in [0.25, 0.3) is 0 Å². The minimum absolute atomic E-state index is 0.102. The fourth-order valence-corrected chi connectivity index (χ4v) is 5.84. The SMILES string of the molecule is Cc1ccc(NC(=O)N2CCC3(CC2)SCCN3C(=O)c2ccccc2C)cc1Cl. The molecular formula is C23H26ClN3O2S. The van der Waals surface area contributed by atoms with Crippen molar-refractivity contribution in [2.24, 2.45) is 0 Å². The minimum Gasteiger partial charge on any atom is -0.324 e. The molecule has 7 heteroatoms. The molecule has 2 aliphatic rings. The van der Waals surface area contributed by atoms with Crippen molar-refractivity contribution in [1.82, 2.24) is 9.80 Å². The largest absolute Gasteiger partial charge is 0.324 e. The first-order chi connectivity index (χ1) is 14.4. The quantitative estimate of drug-likeness (QED) is 0.696. The number of anilines is 1. The molecule has 2 aromatic rings. The molecule has 1 spiro atoms. The van der Waals surface area contributed by atoms with E-state index >= 15 is 0 Å². The number of carbonyl (C=O) groups is 2. The first-order valence-electron chi connectivity index (χ1n) is 10.2. The van der Waals surface area contributed by atoms with Crippen LogP contribution >= 0.6 is 23.4 Å². The molecule has 3 amide bonds. The highest BCUT2D eigenvalue weighted by atomic mass is 35.5. The molecule has 5 nitrogen and oxygen atoms in total. The Morgan fingerprint density at radius 3 is 2.47 bits per heavy atom. The Balaban J connectivity index is 1.42. The van der Waals surface area contributed by atoms with E-state index in [4.69, 9.17) is 11.6 Å². The van der Waals surface area contributed by atoms with Crippen molar-refractivity contribution in [1.29, 1.82) is 0 Å². The number of carbonyl (C=O) groups excluding carboxylic acids is 2. The van der Waals surface area contributed by atoms with Gasteiger partial charge in [-0.15, -0.1) is 11.8 Å². The number of rotatable bonds is 2. The van der Waals surface area contributed by atoms with Crippen LogP contribution in [0.1, 0.15) is 34.3 Å². The molecule has 0 unspecified atom stereocenters. The lowest BCUT2D eigenvalue weighted by Crippen LogP contribution is -2.54. The predicted octanol–water partition coefficient (Wildman–Crippen LogP) is 5.17. The van der Waals surface area contributed by atoms with Gasteiger partial charge in [-0.3, -0.25) is 4.79 Å². The number of hydrogen-bond acceptors (Lipinski definition) is 3. The molecule has 1 N–H and O–H groups in total. The van der Waals surface area contributed by atoms with Gasteiger partial charge in [-0.25, -0.2) is 4.79 Å². The van der Waals surface area contributed by atoms with Crippen LogP contribution in [0.4, 0.5) is 10.5 Å². The molecule has 2 aliphatic heterocycles. The van der Waals surface area contributed by atoms with Crippen molar-refractivity contribution >= 4 is 41.0 Å². The normalized spacial score (nSPS) is 18.0. The van der Waals surface area contributed by atoms with Crippen LogP contribution in [0.5, 0.6) is 0 Å². The van der Waals surface area contributed by atoms with E-state index in [9.17, 15) is 9.59 Å². The maximum absolute atomic E-state index is 13.3. The number of piperidine rings is 1. The van der Waals surface area contributed by atoms with E-state index in [0.717, 1.165) is 41.8 Å². The molecule has 0 aliphatic carbocycles. The minimum atomic E-state index is -0.219. The third-order valence-electron chi connectivity index (χ3n) is 6.05. The van der Waals surface area contributed by atoms with Crippen LogP contribution in [-0.4, -0.2) is 52.0 Å². The number of nitrogens with zero attached hydrogens (tertiary/aromatic N) is 2. The average Bonchev–Trinajstić information content (AvgIpc) is 3.14. The van der Waals surface area contributed by atoms with E-state index in [0.29, 0.717) is 23.8 Å². The van der Waals surface area contributed by atoms with Gasteiger partial charge in [0.05, 0.1) is 4.87 Å².